The minimum Gasteiger partial charge on any atom is -0.466 e. The first-order chi connectivity index (χ1) is 6.16. The molecule has 0 aliphatic rings. The van der Waals surface area contributed by atoms with Crippen LogP contribution in [0.3, 0.4) is 0 Å². The maximum Gasteiger partial charge on any atom is 0.305 e. The minimum atomic E-state index is -0.397. The van der Waals surface area contributed by atoms with Gasteiger partial charge in [0.2, 0.25) is 5.91 Å². The first kappa shape index (κ1) is 11.9. The van der Waals surface area contributed by atoms with Gasteiger partial charge in [0.1, 0.15) is 0 Å². The molecule has 0 unspecified atom stereocenters. The number of hydrogen-bond acceptors (Lipinski definition) is 4. The van der Waals surface area contributed by atoms with E-state index in [1.165, 1.54) is 0 Å². The SMILES string of the molecule is NC(=O)CCCOC(=O)CCCO. The average Bonchev–Trinajstić information content (AvgIpc) is 2.08. The van der Waals surface area contributed by atoms with Crippen LogP contribution in [0.2, 0.25) is 0 Å². The summed E-state index contributed by atoms with van der Waals surface area (Å²) in [6.07, 6.45) is 1.31. The van der Waals surface area contributed by atoms with Gasteiger partial charge < -0.3 is 15.6 Å². The molecule has 0 heterocycles. The third-order valence-corrected chi connectivity index (χ3v) is 1.37. The molecular weight excluding hydrogens is 174 g/mol. The molecule has 0 saturated carbocycles. The largest absolute Gasteiger partial charge is 0.466 e. The summed E-state index contributed by atoms with van der Waals surface area (Å²) in [7, 11) is 0. The Kier molecular flexibility index (Phi) is 6.91. The predicted octanol–water partition coefficient (Wildman–Crippen LogP) is -0.432. The smallest absolute Gasteiger partial charge is 0.305 e. The zero-order valence-electron chi connectivity index (χ0n) is 7.49. The quantitative estimate of drug-likeness (QED) is 0.420. The van der Waals surface area contributed by atoms with E-state index in [4.69, 9.17) is 15.6 Å². The molecule has 0 saturated heterocycles. The molecule has 0 fully saturated rings. The molecule has 0 aromatic carbocycles. The molecule has 5 nitrogen and oxygen atoms in total. The van der Waals surface area contributed by atoms with Gasteiger partial charge in [-0.2, -0.15) is 0 Å². The molecule has 0 aliphatic heterocycles. The highest BCUT2D eigenvalue weighted by molar-refractivity contribution is 5.73. The van der Waals surface area contributed by atoms with Crippen LogP contribution < -0.4 is 5.73 Å². The Morgan fingerprint density at radius 1 is 1.23 bits per heavy atom. The van der Waals surface area contributed by atoms with Crippen molar-refractivity contribution in [2.75, 3.05) is 13.2 Å². The molecule has 0 aromatic heterocycles. The molecule has 0 spiro atoms. The van der Waals surface area contributed by atoms with Gasteiger partial charge in [-0.3, -0.25) is 9.59 Å². The summed E-state index contributed by atoms with van der Waals surface area (Å²) in [5, 5.41) is 8.39. The Bertz CT molecular complexity index is 170. The van der Waals surface area contributed by atoms with Gasteiger partial charge in [0.05, 0.1) is 6.61 Å². The Morgan fingerprint density at radius 3 is 2.46 bits per heavy atom. The number of aliphatic hydroxyl groups excluding tert-OH is 1. The van der Waals surface area contributed by atoms with E-state index in [0.29, 0.717) is 12.8 Å². The van der Waals surface area contributed by atoms with E-state index in [9.17, 15) is 9.59 Å². The number of hydrogen-bond donors (Lipinski definition) is 2. The van der Waals surface area contributed by atoms with E-state index in [2.05, 4.69) is 0 Å². The van der Waals surface area contributed by atoms with Gasteiger partial charge in [-0.15, -0.1) is 0 Å². The third-order valence-electron chi connectivity index (χ3n) is 1.37. The van der Waals surface area contributed by atoms with Gasteiger partial charge in [0, 0.05) is 19.4 Å². The number of aliphatic hydroxyl groups is 1. The topological polar surface area (TPSA) is 89.6 Å². The van der Waals surface area contributed by atoms with Crippen molar-refractivity contribution in [1.29, 1.82) is 0 Å². The lowest BCUT2D eigenvalue weighted by Gasteiger charge is -2.02. The summed E-state index contributed by atoms with van der Waals surface area (Å²) in [5.41, 5.74) is 4.88. The number of primary amides is 1. The van der Waals surface area contributed by atoms with Gasteiger partial charge in [-0.1, -0.05) is 0 Å². The van der Waals surface area contributed by atoms with Crippen LogP contribution in [0.25, 0.3) is 0 Å². The lowest BCUT2D eigenvalue weighted by Crippen LogP contribution is -2.12. The van der Waals surface area contributed by atoms with Gasteiger partial charge in [-0.25, -0.2) is 0 Å². The maximum absolute atomic E-state index is 10.8. The van der Waals surface area contributed by atoms with Crippen molar-refractivity contribution in [1.82, 2.24) is 0 Å². The van der Waals surface area contributed by atoms with Crippen LogP contribution in [0.15, 0.2) is 0 Å². The van der Waals surface area contributed by atoms with Crippen molar-refractivity contribution in [2.45, 2.75) is 25.7 Å². The van der Waals surface area contributed by atoms with Gasteiger partial charge in [0.25, 0.3) is 0 Å². The summed E-state index contributed by atoms with van der Waals surface area (Å²) >= 11 is 0. The number of ether oxygens (including phenoxy) is 1. The Hall–Kier alpha value is -1.10. The van der Waals surface area contributed by atoms with Gasteiger partial charge in [-0.05, 0) is 12.8 Å². The molecule has 0 aliphatic carbocycles. The van der Waals surface area contributed by atoms with E-state index >= 15 is 0 Å². The zero-order chi connectivity index (χ0) is 10.1. The Balaban J connectivity index is 3.22. The molecule has 3 N–H and O–H groups in total. The first-order valence-electron chi connectivity index (χ1n) is 4.21. The molecule has 0 aromatic rings. The van der Waals surface area contributed by atoms with Crippen LogP contribution in [0, 0.1) is 0 Å². The summed E-state index contributed by atoms with van der Waals surface area (Å²) in [4.78, 5) is 21.1. The fourth-order valence-corrected chi connectivity index (χ4v) is 0.728. The number of amides is 1. The number of esters is 1. The molecule has 0 rings (SSSR count). The Labute approximate surface area is 76.9 Å². The van der Waals surface area contributed by atoms with E-state index in [-0.39, 0.29) is 32.0 Å². The molecule has 76 valence electrons. The van der Waals surface area contributed by atoms with Crippen LogP contribution >= 0.6 is 0 Å². The third kappa shape index (κ3) is 8.81. The van der Waals surface area contributed by atoms with Crippen molar-refractivity contribution in [3.05, 3.63) is 0 Å². The lowest BCUT2D eigenvalue weighted by molar-refractivity contribution is -0.144. The highest BCUT2D eigenvalue weighted by atomic mass is 16.5. The predicted molar refractivity (Wildman–Crippen MR) is 45.7 cm³/mol. The normalized spacial score (nSPS) is 9.62. The first-order valence-corrected chi connectivity index (χ1v) is 4.21. The fraction of sp³-hybridized carbons (Fsp3) is 0.750. The average molecular weight is 189 g/mol. The van der Waals surface area contributed by atoms with Crippen LogP contribution in [-0.2, 0) is 14.3 Å². The number of carbonyl (C=O) groups is 2. The second-order valence-corrected chi connectivity index (χ2v) is 2.62. The van der Waals surface area contributed by atoms with Crippen molar-refractivity contribution >= 4 is 11.9 Å². The number of carbonyl (C=O) groups excluding carboxylic acids is 2. The van der Waals surface area contributed by atoms with Gasteiger partial charge >= 0.3 is 5.97 Å². The van der Waals surface area contributed by atoms with Crippen molar-refractivity contribution in [2.24, 2.45) is 5.73 Å². The molecule has 1 amide bonds. The fourth-order valence-electron chi connectivity index (χ4n) is 0.728. The number of nitrogens with two attached hydrogens (primary N) is 1. The van der Waals surface area contributed by atoms with Crippen molar-refractivity contribution < 1.29 is 19.4 Å². The monoisotopic (exact) mass is 189 g/mol. The molecular formula is C8H15NO4. The Morgan fingerprint density at radius 2 is 1.92 bits per heavy atom. The van der Waals surface area contributed by atoms with Crippen LogP contribution in [0.4, 0.5) is 0 Å². The summed E-state index contributed by atoms with van der Waals surface area (Å²) < 4.78 is 4.74. The van der Waals surface area contributed by atoms with E-state index in [0.717, 1.165) is 0 Å². The van der Waals surface area contributed by atoms with Crippen molar-refractivity contribution in [3.63, 3.8) is 0 Å². The minimum absolute atomic E-state index is 0.0175. The second-order valence-electron chi connectivity index (χ2n) is 2.62. The second kappa shape index (κ2) is 7.54. The molecule has 0 radical (unpaired) electrons. The van der Waals surface area contributed by atoms with Crippen LogP contribution in [0.1, 0.15) is 25.7 Å². The van der Waals surface area contributed by atoms with E-state index in [1.54, 1.807) is 0 Å². The van der Waals surface area contributed by atoms with Gasteiger partial charge in [0.15, 0.2) is 0 Å². The molecule has 13 heavy (non-hydrogen) atoms. The lowest BCUT2D eigenvalue weighted by atomic mass is 10.3. The zero-order valence-corrected chi connectivity index (χ0v) is 7.49. The molecule has 0 bridgehead atoms. The summed E-state index contributed by atoms with van der Waals surface area (Å²) in [6.45, 7) is 0.198. The summed E-state index contributed by atoms with van der Waals surface area (Å²) in [6, 6.07) is 0. The highest BCUT2D eigenvalue weighted by Crippen LogP contribution is 1.94. The van der Waals surface area contributed by atoms with E-state index < -0.39 is 5.91 Å². The summed E-state index contributed by atoms with van der Waals surface area (Å²) in [5.74, 6) is -0.745. The van der Waals surface area contributed by atoms with Crippen LogP contribution in [-0.4, -0.2) is 30.2 Å². The highest BCUT2D eigenvalue weighted by Gasteiger charge is 2.01. The molecule has 5 heteroatoms. The standard InChI is InChI=1S/C8H15NO4/c9-7(11)3-2-6-13-8(12)4-1-5-10/h10H,1-6H2,(H2,9,11). The maximum atomic E-state index is 10.8. The number of rotatable bonds is 7. The van der Waals surface area contributed by atoms with Crippen molar-refractivity contribution in [3.8, 4) is 0 Å². The van der Waals surface area contributed by atoms with Crippen LogP contribution in [0.5, 0.6) is 0 Å². The van der Waals surface area contributed by atoms with E-state index in [1.807, 2.05) is 0 Å². The molecule has 0 atom stereocenters.